The second-order valence-electron chi connectivity index (χ2n) is 8.59. The maximum Gasteiger partial charge on any atom is 0.266 e. The van der Waals surface area contributed by atoms with Crippen LogP contribution in [0.3, 0.4) is 0 Å². The summed E-state index contributed by atoms with van der Waals surface area (Å²) in [5.74, 6) is 0.751. The normalized spacial score (nSPS) is 18.5. The third-order valence-electron chi connectivity index (χ3n) is 6.00. The zero-order chi connectivity index (χ0) is 26.1. The Bertz CT molecular complexity index is 1230. The van der Waals surface area contributed by atoms with Gasteiger partial charge in [-0.25, -0.2) is 10.4 Å². The highest BCUT2D eigenvalue weighted by molar-refractivity contribution is 9.10. The summed E-state index contributed by atoms with van der Waals surface area (Å²) in [5.41, 5.74) is 6.94. The van der Waals surface area contributed by atoms with Gasteiger partial charge in [0.25, 0.3) is 5.91 Å². The van der Waals surface area contributed by atoms with E-state index in [4.69, 9.17) is 19.6 Å². The van der Waals surface area contributed by atoms with E-state index in [0.717, 1.165) is 21.2 Å². The lowest BCUT2D eigenvalue weighted by Gasteiger charge is -2.31. The van der Waals surface area contributed by atoms with Gasteiger partial charge in [-0.3, -0.25) is 10.2 Å². The Kier molecular flexibility index (Phi) is 9.11. The van der Waals surface area contributed by atoms with Gasteiger partial charge in [-0.05, 0) is 41.5 Å². The van der Waals surface area contributed by atoms with Crippen molar-refractivity contribution in [2.75, 3.05) is 19.8 Å². The van der Waals surface area contributed by atoms with Gasteiger partial charge >= 0.3 is 0 Å². The lowest BCUT2D eigenvalue weighted by molar-refractivity contribution is -0.129. The maximum atomic E-state index is 13.9. The van der Waals surface area contributed by atoms with Crippen molar-refractivity contribution in [2.45, 2.75) is 24.5 Å². The fraction of sp³-hybridized carbons (Fsp3) is 0.241. The molecule has 1 heterocycles. The SMILES string of the molecule is C=CCNNC(=O)[C@@]1(Cc2ccccc2Br)N=C(c2ccc(OCCCO)cc2)O[C@H]1c1ccccc1. The fourth-order valence-electron chi connectivity index (χ4n) is 4.15. The molecule has 0 saturated carbocycles. The molecule has 0 radical (unpaired) electrons. The number of hydrogen-bond acceptors (Lipinski definition) is 6. The second-order valence-corrected chi connectivity index (χ2v) is 9.45. The highest BCUT2D eigenvalue weighted by atomic mass is 79.9. The average Bonchev–Trinajstić information content (AvgIpc) is 3.32. The highest BCUT2D eigenvalue weighted by Gasteiger charge is 2.53. The van der Waals surface area contributed by atoms with Gasteiger partial charge < -0.3 is 14.6 Å². The van der Waals surface area contributed by atoms with E-state index in [1.165, 1.54) is 0 Å². The molecule has 0 aliphatic carbocycles. The van der Waals surface area contributed by atoms with Crippen LogP contribution in [-0.4, -0.2) is 42.2 Å². The van der Waals surface area contributed by atoms with Crippen molar-refractivity contribution in [3.63, 3.8) is 0 Å². The van der Waals surface area contributed by atoms with E-state index in [0.29, 0.717) is 37.6 Å². The first kappa shape index (κ1) is 26.6. The van der Waals surface area contributed by atoms with Crippen LogP contribution in [0.15, 0.2) is 101 Å². The minimum Gasteiger partial charge on any atom is -0.494 e. The minimum atomic E-state index is -1.29. The van der Waals surface area contributed by atoms with Gasteiger partial charge in [0.05, 0.1) is 6.61 Å². The summed E-state index contributed by atoms with van der Waals surface area (Å²) >= 11 is 3.63. The van der Waals surface area contributed by atoms with Crippen LogP contribution < -0.4 is 15.6 Å². The molecule has 8 heteroatoms. The van der Waals surface area contributed by atoms with Gasteiger partial charge in [0.15, 0.2) is 11.6 Å². The van der Waals surface area contributed by atoms with Crippen LogP contribution in [-0.2, 0) is 16.0 Å². The molecular formula is C29H30BrN3O4. The molecule has 7 nitrogen and oxygen atoms in total. The molecule has 192 valence electrons. The Hall–Kier alpha value is -3.46. The number of carbonyl (C=O) groups is 1. The number of benzene rings is 3. The van der Waals surface area contributed by atoms with Crippen molar-refractivity contribution >= 4 is 27.7 Å². The molecule has 3 N–H and O–H groups in total. The number of halogens is 1. The topological polar surface area (TPSA) is 92.2 Å². The number of aliphatic hydroxyl groups is 1. The summed E-state index contributed by atoms with van der Waals surface area (Å²) in [4.78, 5) is 18.9. The molecule has 3 aromatic rings. The van der Waals surface area contributed by atoms with Gasteiger partial charge in [0, 0.05) is 36.0 Å². The zero-order valence-electron chi connectivity index (χ0n) is 20.4. The first-order valence-electron chi connectivity index (χ1n) is 12.1. The Labute approximate surface area is 225 Å². The van der Waals surface area contributed by atoms with Crippen LogP contribution in [0, 0.1) is 0 Å². The predicted octanol–water partition coefficient (Wildman–Crippen LogP) is 4.52. The Morgan fingerprint density at radius 3 is 2.54 bits per heavy atom. The number of aliphatic imine (C=N–C) groups is 1. The molecular weight excluding hydrogens is 534 g/mol. The van der Waals surface area contributed by atoms with Gasteiger partial charge in [-0.2, -0.15) is 0 Å². The third-order valence-corrected chi connectivity index (χ3v) is 6.77. The van der Waals surface area contributed by atoms with E-state index >= 15 is 0 Å². The lowest BCUT2D eigenvalue weighted by atomic mass is 9.82. The van der Waals surface area contributed by atoms with Crippen molar-refractivity contribution in [2.24, 2.45) is 4.99 Å². The largest absolute Gasteiger partial charge is 0.494 e. The molecule has 0 bridgehead atoms. The highest BCUT2D eigenvalue weighted by Crippen LogP contribution is 2.43. The van der Waals surface area contributed by atoms with E-state index in [1.54, 1.807) is 6.08 Å². The third kappa shape index (κ3) is 6.28. The second kappa shape index (κ2) is 12.7. The molecule has 1 amide bonds. The molecule has 2 atom stereocenters. The molecule has 0 fully saturated rings. The van der Waals surface area contributed by atoms with E-state index in [2.05, 4.69) is 33.4 Å². The van der Waals surface area contributed by atoms with Crippen LogP contribution in [0.4, 0.5) is 0 Å². The molecule has 3 aromatic carbocycles. The standard InChI is InChI=1S/C29H30BrN3O4/c1-2-17-31-33-28(35)29(20-23-11-6-7-12-25(23)30)26(21-9-4-3-5-10-21)37-27(32-29)22-13-15-24(16-14-22)36-19-8-18-34/h2-7,9-16,26,31,34H,1,8,17-20H2,(H,33,35)/t26-,29-/m0/s1. The zero-order valence-corrected chi connectivity index (χ0v) is 22.0. The van der Waals surface area contributed by atoms with Crippen LogP contribution in [0.2, 0.25) is 0 Å². The molecule has 1 aliphatic rings. The van der Waals surface area contributed by atoms with Gasteiger partial charge in [0.1, 0.15) is 5.75 Å². The number of amides is 1. The minimum absolute atomic E-state index is 0.0763. The molecule has 37 heavy (non-hydrogen) atoms. The fourth-order valence-corrected chi connectivity index (χ4v) is 4.58. The van der Waals surface area contributed by atoms with Crippen molar-refractivity contribution in [3.05, 3.63) is 113 Å². The number of nitrogens with one attached hydrogen (secondary N) is 2. The summed E-state index contributed by atoms with van der Waals surface area (Å²) in [6.45, 7) is 4.61. The molecule has 4 rings (SSSR count). The van der Waals surface area contributed by atoms with E-state index in [1.807, 2.05) is 78.9 Å². The van der Waals surface area contributed by atoms with E-state index in [9.17, 15) is 4.79 Å². The first-order chi connectivity index (χ1) is 18.1. The summed E-state index contributed by atoms with van der Waals surface area (Å²) in [5, 5.41) is 8.98. The van der Waals surface area contributed by atoms with E-state index in [-0.39, 0.29) is 12.5 Å². The van der Waals surface area contributed by atoms with Crippen LogP contribution in [0.5, 0.6) is 5.75 Å². The van der Waals surface area contributed by atoms with E-state index < -0.39 is 11.6 Å². The maximum absolute atomic E-state index is 13.9. The number of aliphatic hydroxyl groups excluding tert-OH is 1. The van der Waals surface area contributed by atoms with Crippen molar-refractivity contribution < 1.29 is 19.4 Å². The number of hydrogen-bond donors (Lipinski definition) is 3. The summed E-state index contributed by atoms with van der Waals surface area (Å²) in [7, 11) is 0. The van der Waals surface area contributed by atoms with Crippen molar-refractivity contribution in [1.82, 2.24) is 10.9 Å². The van der Waals surface area contributed by atoms with Crippen LogP contribution >= 0.6 is 15.9 Å². The number of nitrogens with zero attached hydrogens (tertiary/aromatic N) is 1. The molecule has 1 aliphatic heterocycles. The van der Waals surface area contributed by atoms with Gasteiger partial charge in [-0.15, -0.1) is 6.58 Å². The number of rotatable bonds is 12. The average molecular weight is 564 g/mol. The number of hydrazine groups is 1. The Morgan fingerprint density at radius 2 is 1.84 bits per heavy atom. The van der Waals surface area contributed by atoms with Crippen molar-refractivity contribution in [1.29, 1.82) is 0 Å². The molecule has 0 saturated heterocycles. The van der Waals surface area contributed by atoms with Crippen LogP contribution in [0.1, 0.15) is 29.2 Å². The molecule has 0 aromatic heterocycles. The predicted molar refractivity (Wildman–Crippen MR) is 147 cm³/mol. The van der Waals surface area contributed by atoms with Gasteiger partial charge in [0.2, 0.25) is 5.90 Å². The number of carbonyl (C=O) groups excluding carboxylic acids is 1. The monoisotopic (exact) mass is 563 g/mol. The lowest BCUT2D eigenvalue weighted by Crippen LogP contribution is -2.54. The Balaban J connectivity index is 1.76. The van der Waals surface area contributed by atoms with Crippen molar-refractivity contribution in [3.8, 4) is 5.75 Å². The van der Waals surface area contributed by atoms with Crippen LogP contribution in [0.25, 0.3) is 0 Å². The smallest absolute Gasteiger partial charge is 0.266 e. The van der Waals surface area contributed by atoms with Gasteiger partial charge in [-0.1, -0.05) is 70.5 Å². The summed E-state index contributed by atoms with van der Waals surface area (Å²) < 4.78 is 13.0. The molecule has 0 spiro atoms. The quantitative estimate of drug-likeness (QED) is 0.171. The Morgan fingerprint density at radius 1 is 1.11 bits per heavy atom. The summed E-state index contributed by atoms with van der Waals surface area (Å²) in [6.07, 6.45) is 1.87. The molecule has 0 unspecified atom stereocenters. The number of ether oxygens (including phenoxy) is 2. The first-order valence-corrected chi connectivity index (χ1v) is 12.9. The summed E-state index contributed by atoms with van der Waals surface area (Å²) in [6, 6.07) is 24.8.